The average Bonchev–Trinajstić information content (AvgIpc) is 3.33. The van der Waals surface area contributed by atoms with Gasteiger partial charge < -0.3 is 14.0 Å². The molecule has 23 heavy (non-hydrogen) atoms. The van der Waals surface area contributed by atoms with Crippen molar-refractivity contribution in [1.29, 1.82) is 0 Å². The van der Waals surface area contributed by atoms with Crippen LogP contribution in [0.3, 0.4) is 0 Å². The van der Waals surface area contributed by atoms with E-state index in [0.717, 1.165) is 18.9 Å². The molecule has 3 rings (SSSR count). The summed E-state index contributed by atoms with van der Waals surface area (Å²) in [6, 6.07) is 0.750. The van der Waals surface area contributed by atoms with Crippen LogP contribution in [0.5, 0.6) is 5.75 Å². The fraction of sp³-hybridized carbons (Fsp3) is 0.333. The van der Waals surface area contributed by atoms with Gasteiger partial charge in [0, 0.05) is 6.04 Å². The molecule has 0 radical (unpaired) electrons. The lowest BCUT2D eigenvalue weighted by molar-refractivity contribution is 0.104. The molecule has 1 fully saturated rings. The van der Waals surface area contributed by atoms with Crippen molar-refractivity contribution in [3.63, 3.8) is 0 Å². The van der Waals surface area contributed by atoms with E-state index in [2.05, 4.69) is 4.74 Å². The van der Waals surface area contributed by atoms with Crippen LogP contribution in [0, 0.1) is 11.6 Å². The van der Waals surface area contributed by atoms with Gasteiger partial charge in [-0.15, -0.1) is 0 Å². The van der Waals surface area contributed by atoms with E-state index in [1.165, 1.54) is 10.8 Å². The number of rotatable bonds is 3. The number of carbonyl (C=O) groups excluding carboxylic acids is 1. The van der Waals surface area contributed by atoms with Gasteiger partial charge in [-0.1, -0.05) is 11.6 Å². The molecule has 1 aliphatic carbocycles. The van der Waals surface area contributed by atoms with Crippen molar-refractivity contribution in [2.75, 3.05) is 6.61 Å². The second-order valence-electron chi connectivity index (χ2n) is 5.13. The van der Waals surface area contributed by atoms with Gasteiger partial charge in [-0.25, -0.2) is 13.6 Å². The van der Waals surface area contributed by atoms with Gasteiger partial charge in [0.25, 0.3) is 0 Å². The Morgan fingerprint density at radius 3 is 2.74 bits per heavy atom. The molecule has 1 aliphatic rings. The Kier molecular flexibility index (Phi) is 3.97. The molecule has 5 nitrogen and oxygen atoms in total. The van der Waals surface area contributed by atoms with Crippen LogP contribution in [0.4, 0.5) is 13.6 Å². The van der Waals surface area contributed by atoms with E-state index >= 15 is 0 Å². The van der Waals surface area contributed by atoms with Gasteiger partial charge in [-0.05, 0) is 25.8 Å². The van der Waals surface area contributed by atoms with Crippen LogP contribution in [0.1, 0.15) is 25.8 Å². The van der Waals surface area contributed by atoms with Gasteiger partial charge in [-0.2, -0.15) is 0 Å². The summed E-state index contributed by atoms with van der Waals surface area (Å²) in [5.41, 5.74) is -0.667. The van der Waals surface area contributed by atoms with E-state index in [1.807, 2.05) is 0 Å². The van der Waals surface area contributed by atoms with Gasteiger partial charge in [-0.3, -0.25) is 4.79 Å². The number of pyridine rings is 1. The van der Waals surface area contributed by atoms with Crippen molar-refractivity contribution in [1.82, 2.24) is 4.57 Å². The Labute approximate surface area is 134 Å². The second-order valence-corrected chi connectivity index (χ2v) is 5.51. The number of ether oxygens (including phenoxy) is 2. The molecule has 0 N–H and O–H groups in total. The fourth-order valence-corrected chi connectivity index (χ4v) is 2.63. The molecule has 1 saturated carbocycles. The summed E-state index contributed by atoms with van der Waals surface area (Å²) in [6.07, 6.45) is 1.83. The molecule has 0 bridgehead atoms. The Morgan fingerprint density at radius 2 is 2.13 bits per heavy atom. The van der Waals surface area contributed by atoms with Crippen molar-refractivity contribution in [3.8, 4) is 5.75 Å². The minimum atomic E-state index is -1.24. The fourth-order valence-electron chi connectivity index (χ4n) is 2.34. The molecule has 122 valence electrons. The summed E-state index contributed by atoms with van der Waals surface area (Å²) in [4.78, 5) is 23.8. The SMILES string of the molecule is CCOC(=O)Oc1cn(C2CC2)c2c(Cl)c(F)c(F)cc2c1=O. The van der Waals surface area contributed by atoms with Crippen molar-refractivity contribution in [3.05, 3.63) is 39.1 Å². The first-order valence-corrected chi connectivity index (χ1v) is 7.38. The highest BCUT2D eigenvalue weighted by Gasteiger charge is 2.29. The highest BCUT2D eigenvalue weighted by Crippen LogP contribution is 2.40. The number of hydrogen-bond acceptors (Lipinski definition) is 4. The summed E-state index contributed by atoms with van der Waals surface area (Å²) in [5.74, 6) is -2.77. The molecule has 2 aromatic rings. The van der Waals surface area contributed by atoms with Crippen LogP contribution in [-0.2, 0) is 4.74 Å². The molecule has 0 unspecified atom stereocenters. The third-order valence-corrected chi connectivity index (χ3v) is 3.86. The molecular formula is C15H12ClF2NO4. The number of aromatic nitrogens is 1. The van der Waals surface area contributed by atoms with Gasteiger partial charge in [0.1, 0.15) is 5.02 Å². The maximum absolute atomic E-state index is 13.7. The molecule has 0 saturated heterocycles. The summed E-state index contributed by atoms with van der Waals surface area (Å²) < 4.78 is 38.4. The summed E-state index contributed by atoms with van der Waals surface area (Å²) in [6.45, 7) is 1.66. The topological polar surface area (TPSA) is 57.5 Å². The minimum absolute atomic E-state index is 0.00925. The number of nitrogens with zero attached hydrogens (tertiary/aromatic N) is 1. The van der Waals surface area contributed by atoms with E-state index in [9.17, 15) is 18.4 Å². The molecule has 0 spiro atoms. The standard InChI is InChI=1S/C15H12ClF2NO4/c1-2-22-15(21)23-10-6-19(7-3-4-7)13-8(14(10)20)5-9(17)12(18)11(13)16/h5-7H,2-4H2,1H3. The highest BCUT2D eigenvalue weighted by atomic mass is 35.5. The zero-order chi connectivity index (χ0) is 16.7. The van der Waals surface area contributed by atoms with E-state index in [1.54, 1.807) is 6.92 Å². The van der Waals surface area contributed by atoms with Crippen molar-refractivity contribution >= 4 is 28.7 Å². The number of benzene rings is 1. The largest absolute Gasteiger partial charge is 0.514 e. The molecule has 8 heteroatoms. The zero-order valence-corrected chi connectivity index (χ0v) is 12.8. The number of fused-ring (bicyclic) bond motifs is 1. The lowest BCUT2D eigenvalue weighted by Gasteiger charge is -2.14. The van der Waals surface area contributed by atoms with Crippen LogP contribution >= 0.6 is 11.6 Å². The van der Waals surface area contributed by atoms with Gasteiger partial charge in [0.2, 0.25) is 5.43 Å². The van der Waals surface area contributed by atoms with Crippen molar-refractivity contribution in [2.24, 2.45) is 0 Å². The van der Waals surface area contributed by atoms with Crippen LogP contribution in [0.15, 0.2) is 17.1 Å². The average molecular weight is 344 g/mol. The van der Waals surface area contributed by atoms with Crippen molar-refractivity contribution < 1.29 is 23.0 Å². The third-order valence-electron chi connectivity index (χ3n) is 3.52. The Balaban J connectivity index is 2.24. The Morgan fingerprint density at radius 1 is 1.43 bits per heavy atom. The molecular weight excluding hydrogens is 332 g/mol. The molecule has 0 amide bonds. The van der Waals surface area contributed by atoms with Gasteiger partial charge in [0.05, 0.1) is 23.7 Å². The molecule has 0 atom stereocenters. The maximum atomic E-state index is 13.7. The third kappa shape index (κ3) is 2.76. The van der Waals surface area contributed by atoms with Crippen LogP contribution in [0.25, 0.3) is 10.9 Å². The zero-order valence-electron chi connectivity index (χ0n) is 12.1. The minimum Gasteiger partial charge on any atom is -0.434 e. The lowest BCUT2D eigenvalue weighted by atomic mass is 10.1. The van der Waals surface area contributed by atoms with E-state index in [0.29, 0.717) is 0 Å². The summed E-state index contributed by atoms with van der Waals surface area (Å²) in [7, 11) is 0. The van der Waals surface area contributed by atoms with E-state index in [4.69, 9.17) is 16.3 Å². The predicted octanol–water partition coefficient (Wildman–Crippen LogP) is 3.80. The summed E-state index contributed by atoms with van der Waals surface area (Å²) >= 11 is 5.88. The monoisotopic (exact) mass is 343 g/mol. The predicted molar refractivity (Wildman–Crippen MR) is 79.1 cm³/mol. The first-order valence-electron chi connectivity index (χ1n) is 7.01. The number of hydrogen-bond donors (Lipinski definition) is 0. The first kappa shape index (κ1) is 15.7. The van der Waals surface area contributed by atoms with Gasteiger partial charge in [0.15, 0.2) is 17.4 Å². The Bertz CT molecular complexity index is 861. The highest BCUT2D eigenvalue weighted by molar-refractivity contribution is 6.35. The Hall–Kier alpha value is -2.15. The van der Waals surface area contributed by atoms with Gasteiger partial charge >= 0.3 is 6.16 Å². The van der Waals surface area contributed by atoms with E-state index in [-0.39, 0.29) is 29.3 Å². The van der Waals surface area contributed by atoms with Crippen molar-refractivity contribution in [2.45, 2.75) is 25.8 Å². The number of halogens is 3. The van der Waals surface area contributed by atoms with Crippen LogP contribution in [-0.4, -0.2) is 17.3 Å². The molecule has 1 aromatic carbocycles. The first-order chi connectivity index (χ1) is 10.9. The maximum Gasteiger partial charge on any atom is 0.514 e. The van der Waals surface area contributed by atoms with E-state index < -0.39 is 28.2 Å². The van der Waals surface area contributed by atoms with Crippen LogP contribution in [0.2, 0.25) is 5.02 Å². The normalized spacial score (nSPS) is 14.1. The smallest absolute Gasteiger partial charge is 0.434 e. The lowest BCUT2D eigenvalue weighted by Crippen LogP contribution is -2.19. The summed E-state index contributed by atoms with van der Waals surface area (Å²) in [5, 5.41) is -0.616. The quantitative estimate of drug-likeness (QED) is 0.628. The molecule has 1 aromatic heterocycles. The molecule has 0 aliphatic heterocycles. The number of carbonyl (C=O) groups is 1. The van der Waals surface area contributed by atoms with Crippen LogP contribution < -0.4 is 10.2 Å². The molecule has 1 heterocycles. The second kappa shape index (κ2) is 5.81.